The lowest BCUT2D eigenvalue weighted by Crippen LogP contribution is -2.30. The standard InChI is InChI=1S/C22H23FN4O3/c1-2-11-24-20(28)16-4-3-5-18(13-16)27-22(29)25-12-10-19-14-30-21(26-19)15-6-8-17(23)9-7-15/h3-9,13-14H,2,10-12H2,1H3,(H,24,28)(H2,25,27,29). The van der Waals surface area contributed by atoms with Crippen molar-refractivity contribution in [2.45, 2.75) is 19.8 Å². The number of hydrogen-bond donors (Lipinski definition) is 3. The fourth-order valence-corrected chi connectivity index (χ4v) is 2.71. The maximum atomic E-state index is 13.0. The predicted octanol–water partition coefficient (Wildman–Crippen LogP) is 3.98. The molecule has 30 heavy (non-hydrogen) atoms. The van der Waals surface area contributed by atoms with E-state index in [0.29, 0.717) is 47.9 Å². The zero-order valence-electron chi connectivity index (χ0n) is 16.6. The van der Waals surface area contributed by atoms with E-state index >= 15 is 0 Å². The van der Waals surface area contributed by atoms with Crippen molar-refractivity contribution in [1.29, 1.82) is 0 Å². The van der Waals surface area contributed by atoms with Gasteiger partial charge >= 0.3 is 6.03 Å². The zero-order valence-corrected chi connectivity index (χ0v) is 16.6. The molecular formula is C22H23FN4O3. The van der Waals surface area contributed by atoms with Crippen LogP contribution in [0.25, 0.3) is 11.5 Å². The van der Waals surface area contributed by atoms with Crippen LogP contribution in [0.5, 0.6) is 0 Å². The van der Waals surface area contributed by atoms with Crippen molar-refractivity contribution in [2.24, 2.45) is 0 Å². The van der Waals surface area contributed by atoms with Crippen LogP contribution in [-0.2, 0) is 6.42 Å². The maximum Gasteiger partial charge on any atom is 0.319 e. The highest BCUT2D eigenvalue weighted by Crippen LogP contribution is 2.19. The molecule has 0 aliphatic heterocycles. The first-order valence-electron chi connectivity index (χ1n) is 9.68. The third-order valence-corrected chi connectivity index (χ3v) is 4.23. The molecule has 0 spiro atoms. The molecule has 0 bridgehead atoms. The van der Waals surface area contributed by atoms with Crippen molar-refractivity contribution in [3.63, 3.8) is 0 Å². The Bertz CT molecular complexity index is 1000. The van der Waals surface area contributed by atoms with Gasteiger partial charge < -0.3 is 20.4 Å². The lowest BCUT2D eigenvalue weighted by molar-refractivity contribution is 0.0953. The van der Waals surface area contributed by atoms with E-state index in [9.17, 15) is 14.0 Å². The number of hydrogen-bond acceptors (Lipinski definition) is 4. The van der Waals surface area contributed by atoms with Crippen molar-refractivity contribution >= 4 is 17.6 Å². The van der Waals surface area contributed by atoms with Gasteiger partial charge in [0, 0.05) is 36.3 Å². The molecule has 0 unspecified atom stereocenters. The van der Waals surface area contributed by atoms with Gasteiger partial charge in [0.05, 0.1) is 5.69 Å². The number of benzene rings is 2. The van der Waals surface area contributed by atoms with E-state index in [2.05, 4.69) is 20.9 Å². The molecule has 0 aliphatic carbocycles. The van der Waals surface area contributed by atoms with Gasteiger partial charge in [-0.05, 0) is 48.9 Å². The lowest BCUT2D eigenvalue weighted by atomic mass is 10.2. The number of nitrogens with zero attached hydrogens (tertiary/aromatic N) is 1. The Morgan fingerprint density at radius 1 is 1.07 bits per heavy atom. The predicted molar refractivity (Wildman–Crippen MR) is 112 cm³/mol. The molecule has 3 amide bonds. The van der Waals surface area contributed by atoms with E-state index in [4.69, 9.17) is 4.42 Å². The smallest absolute Gasteiger partial charge is 0.319 e. The van der Waals surface area contributed by atoms with Crippen molar-refractivity contribution in [3.8, 4) is 11.5 Å². The van der Waals surface area contributed by atoms with Crippen molar-refractivity contribution < 1.29 is 18.4 Å². The van der Waals surface area contributed by atoms with Crippen LogP contribution >= 0.6 is 0 Å². The van der Waals surface area contributed by atoms with E-state index in [1.165, 1.54) is 18.4 Å². The summed E-state index contributed by atoms with van der Waals surface area (Å²) in [6.07, 6.45) is 2.83. The Labute approximate surface area is 173 Å². The van der Waals surface area contributed by atoms with Crippen LogP contribution in [0, 0.1) is 5.82 Å². The summed E-state index contributed by atoms with van der Waals surface area (Å²) in [6.45, 7) is 2.92. The highest BCUT2D eigenvalue weighted by molar-refractivity contribution is 5.96. The van der Waals surface area contributed by atoms with Crippen LogP contribution in [-0.4, -0.2) is 30.0 Å². The van der Waals surface area contributed by atoms with Crippen molar-refractivity contribution in [1.82, 2.24) is 15.6 Å². The molecule has 0 fully saturated rings. The Kier molecular flexibility index (Phi) is 7.15. The second-order valence-corrected chi connectivity index (χ2v) is 6.62. The fraction of sp³-hybridized carbons (Fsp3) is 0.227. The molecule has 156 valence electrons. The molecule has 0 atom stereocenters. The molecule has 8 heteroatoms. The van der Waals surface area contributed by atoms with Crippen LogP contribution in [0.1, 0.15) is 29.4 Å². The van der Waals surface area contributed by atoms with Gasteiger partial charge in [0.1, 0.15) is 12.1 Å². The van der Waals surface area contributed by atoms with Crippen LogP contribution < -0.4 is 16.0 Å². The second kappa shape index (κ2) is 10.2. The summed E-state index contributed by atoms with van der Waals surface area (Å²) in [7, 11) is 0. The zero-order chi connectivity index (χ0) is 21.3. The minimum atomic E-state index is -0.386. The summed E-state index contributed by atoms with van der Waals surface area (Å²) < 4.78 is 18.4. The number of oxazole rings is 1. The van der Waals surface area contributed by atoms with Gasteiger partial charge in [0.25, 0.3) is 5.91 Å². The lowest BCUT2D eigenvalue weighted by Gasteiger charge is -2.09. The summed E-state index contributed by atoms with van der Waals surface area (Å²) >= 11 is 0. The number of amides is 3. The molecule has 0 saturated heterocycles. The Morgan fingerprint density at radius 3 is 2.63 bits per heavy atom. The monoisotopic (exact) mass is 410 g/mol. The minimum Gasteiger partial charge on any atom is -0.444 e. The van der Waals surface area contributed by atoms with E-state index in [1.807, 2.05) is 6.92 Å². The molecule has 7 nitrogen and oxygen atoms in total. The molecule has 3 N–H and O–H groups in total. The SMILES string of the molecule is CCCNC(=O)c1cccc(NC(=O)NCCc2coc(-c3ccc(F)cc3)n2)c1. The normalized spacial score (nSPS) is 10.5. The van der Waals surface area contributed by atoms with Crippen molar-refractivity contribution in [3.05, 3.63) is 71.9 Å². The van der Waals surface area contributed by atoms with E-state index in [1.54, 1.807) is 36.4 Å². The number of urea groups is 1. The number of carbonyl (C=O) groups is 2. The highest BCUT2D eigenvalue weighted by atomic mass is 19.1. The molecular weight excluding hydrogens is 387 g/mol. The fourth-order valence-electron chi connectivity index (χ4n) is 2.71. The topological polar surface area (TPSA) is 96.3 Å². The highest BCUT2D eigenvalue weighted by Gasteiger charge is 2.09. The first kappa shape index (κ1) is 21.0. The number of carbonyl (C=O) groups excluding carboxylic acids is 2. The van der Waals surface area contributed by atoms with Crippen LogP contribution in [0.4, 0.5) is 14.9 Å². The first-order valence-corrected chi connectivity index (χ1v) is 9.68. The molecule has 0 aliphatic rings. The summed E-state index contributed by atoms with van der Waals surface area (Å²) in [4.78, 5) is 28.5. The summed E-state index contributed by atoms with van der Waals surface area (Å²) in [5.41, 5.74) is 2.36. The van der Waals surface area contributed by atoms with E-state index in [-0.39, 0.29) is 17.8 Å². The summed E-state index contributed by atoms with van der Waals surface area (Å²) in [6, 6.07) is 12.2. The maximum absolute atomic E-state index is 13.0. The van der Waals surface area contributed by atoms with Gasteiger partial charge in [-0.15, -0.1) is 0 Å². The molecule has 1 aromatic heterocycles. The quantitative estimate of drug-likeness (QED) is 0.523. The summed E-state index contributed by atoms with van der Waals surface area (Å²) in [5, 5.41) is 8.24. The Morgan fingerprint density at radius 2 is 1.87 bits per heavy atom. The van der Waals surface area contributed by atoms with Gasteiger partial charge in [-0.2, -0.15) is 0 Å². The Balaban J connectivity index is 1.47. The molecule has 2 aromatic carbocycles. The second-order valence-electron chi connectivity index (χ2n) is 6.62. The molecule has 3 rings (SSSR count). The summed E-state index contributed by atoms with van der Waals surface area (Å²) in [5.74, 6) is -0.107. The van der Waals surface area contributed by atoms with E-state index in [0.717, 1.165) is 6.42 Å². The number of aromatic nitrogens is 1. The van der Waals surface area contributed by atoms with Crippen LogP contribution in [0.15, 0.2) is 59.2 Å². The third kappa shape index (κ3) is 5.91. The van der Waals surface area contributed by atoms with Crippen molar-refractivity contribution in [2.75, 3.05) is 18.4 Å². The first-order chi connectivity index (χ1) is 14.5. The Hall–Kier alpha value is -3.68. The number of anilines is 1. The molecule has 1 heterocycles. The van der Waals surface area contributed by atoms with Crippen LogP contribution in [0.2, 0.25) is 0 Å². The van der Waals surface area contributed by atoms with Gasteiger partial charge in [-0.3, -0.25) is 4.79 Å². The largest absolute Gasteiger partial charge is 0.444 e. The third-order valence-electron chi connectivity index (χ3n) is 4.23. The minimum absolute atomic E-state index is 0.177. The average molecular weight is 410 g/mol. The number of nitrogens with one attached hydrogen (secondary N) is 3. The van der Waals surface area contributed by atoms with E-state index < -0.39 is 0 Å². The molecule has 0 saturated carbocycles. The van der Waals surface area contributed by atoms with Gasteiger partial charge in [0.15, 0.2) is 0 Å². The van der Waals surface area contributed by atoms with Gasteiger partial charge in [-0.1, -0.05) is 13.0 Å². The van der Waals surface area contributed by atoms with Gasteiger partial charge in [0.2, 0.25) is 5.89 Å². The molecule has 0 radical (unpaired) electrons. The van der Waals surface area contributed by atoms with Gasteiger partial charge in [-0.25, -0.2) is 14.2 Å². The number of rotatable bonds is 8. The average Bonchev–Trinajstić information content (AvgIpc) is 3.21. The van der Waals surface area contributed by atoms with Crippen LogP contribution in [0.3, 0.4) is 0 Å². The number of halogens is 1. The molecule has 3 aromatic rings.